The summed E-state index contributed by atoms with van der Waals surface area (Å²) >= 11 is 0. The Kier molecular flexibility index (Phi) is 7.25. The van der Waals surface area contributed by atoms with Crippen LogP contribution in [0.3, 0.4) is 0 Å². The number of ether oxygens (including phenoxy) is 3. The fourth-order valence-electron chi connectivity index (χ4n) is 1.16. The second-order valence-electron chi connectivity index (χ2n) is 3.39. The molecule has 1 heterocycles. The molecule has 0 fully saturated rings. The lowest BCUT2D eigenvalue weighted by Crippen LogP contribution is -2.11. The lowest BCUT2D eigenvalue weighted by atomic mass is 10.4. The molecule has 0 bridgehead atoms. The van der Waals surface area contributed by atoms with Gasteiger partial charge in [-0.05, 0) is 12.5 Å². The van der Waals surface area contributed by atoms with Crippen molar-refractivity contribution < 1.29 is 18.6 Å². The minimum atomic E-state index is -0.545. The summed E-state index contributed by atoms with van der Waals surface area (Å²) in [4.78, 5) is 3.43. The van der Waals surface area contributed by atoms with Crippen LogP contribution < -0.4 is 4.74 Å². The maximum Gasteiger partial charge on any atom is 0.216 e. The van der Waals surface area contributed by atoms with Crippen molar-refractivity contribution >= 4 is 0 Å². The van der Waals surface area contributed by atoms with Gasteiger partial charge >= 0.3 is 0 Å². The van der Waals surface area contributed by atoms with E-state index in [-0.39, 0.29) is 0 Å². The number of nitrogens with zero attached hydrogens (tertiary/aromatic N) is 1. The van der Waals surface area contributed by atoms with Crippen LogP contribution in [-0.2, 0) is 9.47 Å². The first-order valence-corrected chi connectivity index (χ1v) is 5.72. The molecule has 0 aromatic carbocycles. The molecule has 1 aromatic rings. The summed E-state index contributed by atoms with van der Waals surface area (Å²) < 4.78 is 28.5. The predicted molar refractivity (Wildman–Crippen MR) is 61.6 cm³/mol. The van der Waals surface area contributed by atoms with E-state index in [1.165, 1.54) is 12.3 Å². The SMILES string of the molecule is CCCOCCOCCOc1ccnc(F)c1. The Balaban J connectivity index is 1.97. The van der Waals surface area contributed by atoms with Gasteiger partial charge in [0, 0.05) is 18.9 Å². The quantitative estimate of drug-likeness (QED) is 0.491. The van der Waals surface area contributed by atoms with E-state index in [4.69, 9.17) is 14.2 Å². The number of rotatable bonds is 9. The van der Waals surface area contributed by atoms with Gasteiger partial charge in [-0.25, -0.2) is 4.98 Å². The fourth-order valence-corrected chi connectivity index (χ4v) is 1.16. The van der Waals surface area contributed by atoms with Crippen LogP contribution in [0.2, 0.25) is 0 Å². The van der Waals surface area contributed by atoms with Crippen molar-refractivity contribution in [1.82, 2.24) is 4.98 Å². The van der Waals surface area contributed by atoms with E-state index in [9.17, 15) is 4.39 Å². The first-order chi connectivity index (χ1) is 8.33. The molecule has 1 aromatic heterocycles. The second kappa shape index (κ2) is 8.90. The Labute approximate surface area is 101 Å². The third-order valence-electron chi connectivity index (χ3n) is 1.91. The Morgan fingerprint density at radius 2 is 1.82 bits per heavy atom. The predicted octanol–water partition coefficient (Wildman–Crippen LogP) is 2.04. The minimum Gasteiger partial charge on any atom is -0.491 e. The van der Waals surface area contributed by atoms with Crippen LogP contribution in [0.15, 0.2) is 18.3 Å². The summed E-state index contributed by atoms with van der Waals surface area (Å²) in [6.45, 7) is 4.81. The van der Waals surface area contributed by atoms with Gasteiger partial charge in [-0.1, -0.05) is 6.92 Å². The van der Waals surface area contributed by atoms with Gasteiger partial charge in [-0.15, -0.1) is 0 Å². The third-order valence-corrected chi connectivity index (χ3v) is 1.91. The Bertz CT molecular complexity index is 310. The minimum absolute atomic E-state index is 0.386. The van der Waals surface area contributed by atoms with E-state index in [2.05, 4.69) is 11.9 Å². The number of pyridine rings is 1. The topological polar surface area (TPSA) is 40.6 Å². The highest BCUT2D eigenvalue weighted by atomic mass is 19.1. The van der Waals surface area contributed by atoms with Gasteiger partial charge in [-0.2, -0.15) is 4.39 Å². The van der Waals surface area contributed by atoms with Gasteiger partial charge in [0.2, 0.25) is 5.95 Å². The lowest BCUT2D eigenvalue weighted by Gasteiger charge is -2.07. The molecule has 0 unspecified atom stereocenters. The molecule has 1 rings (SSSR count). The molecule has 96 valence electrons. The van der Waals surface area contributed by atoms with Crippen molar-refractivity contribution in [3.63, 3.8) is 0 Å². The molecule has 0 aliphatic rings. The van der Waals surface area contributed by atoms with Crippen LogP contribution in [0.1, 0.15) is 13.3 Å². The second-order valence-corrected chi connectivity index (χ2v) is 3.39. The molecule has 0 aliphatic heterocycles. The van der Waals surface area contributed by atoms with Crippen LogP contribution in [0, 0.1) is 5.95 Å². The lowest BCUT2D eigenvalue weighted by molar-refractivity contribution is 0.0365. The molecular formula is C12H18FNO3. The van der Waals surface area contributed by atoms with Crippen LogP contribution >= 0.6 is 0 Å². The molecule has 0 spiro atoms. The zero-order valence-corrected chi connectivity index (χ0v) is 10.0. The van der Waals surface area contributed by atoms with Crippen molar-refractivity contribution in [3.05, 3.63) is 24.3 Å². The zero-order valence-electron chi connectivity index (χ0n) is 10.0. The average molecular weight is 243 g/mol. The number of hydrogen-bond donors (Lipinski definition) is 0. The summed E-state index contributed by atoms with van der Waals surface area (Å²) in [6, 6.07) is 2.85. The average Bonchev–Trinajstić information content (AvgIpc) is 2.33. The molecule has 0 radical (unpaired) electrons. The van der Waals surface area contributed by atoms with E-state index < -0.39 is 5.95 Å². The largest absolute Gasteiger partial charge is 0.491 e. The number of aromatic nitrogens is 1. The highest BCUT2D eigenvalue weighted by Crippen LogP contribution is 2.09. The van der Waals surface area contributed by atoms with E-state index in [0.29, 0.717) is 32.2 Å². The molecule has 0 saturated heterocycles. The molecule has 17 heavy (non-hydrogen) atoms. The Hall–Kier alpha value is -1.20. The van der Waals surface area contributed by atoms with Gasteiger partial charge in [-0.3, -0.25) is 0 Å². The van der Waals surface area contributed by atoms with Gasteiger partial charge < -0.3 is 14.2 Å². The number of hydrogen-bond acceptors (Lipinski definition) is 4. The fraction of sp³-hybridized carbons (Fsp3) is 0.583. The summed E-state index contributed by atoms with van der Waals surface area (Å²) in [7, 11) is 0. The van der Waals surface area contributed by atoms with Gasteiger partial charge in [0.15, 0.2) is 0 Å². The van der Waals surface area contributed by atoms with Crippen molar-refractivity contribution in [2.24, 2.45) is 0 Å². The van der Waals surface area contributed by atoms with Gasteiger partial charge in [0.1, 0.15) is 12.4 Å². The molecule has 0 aliphatic carbocycles. The first kappa shape index (κ1) is 13.9. The Morgan fingerprint density at radius 3 is 2.53 bits per heavy atom. The maximum absolute atomic E-state index is 12.7. The third kappa shape index (κ3) is 6.86. The van der Waals surface area contributed by atoms with E-state index in [0.717, 1.165) is 13.0 Å². The van der Waals surface area contributed by atoms with Gasteiger partial charge in [0.05, 0.1) is 19.8 Å². The molecule has 4 nitrogen and oxygen atoms in total. The molecule has 5 heteroatoms. The van der Waals surface area contributed by atoms with Crippen molar-refractivity contribution in [3.8, 4) is 5.75 Å². The molecule has 0 saturated carbocycles. The highest BCUT2D eigenvalue weighted by molar-refractivity contribution is 5.17. The van der Waals surface area contributed by atoms with E-state index in [1.807, 2.05) is 0 Å². The number of halogens is 1. The van der Waals surface area contributed by atoms with Gasteiger partial charge in [0.25, 0.3) is 0 Å². The van der Waals surface area contributed by atoms with E-state index >= 15 is 0 Å². The van der Waals surface area contributed by atoms with E-state index in [1.54, 1.807) is 6.07 Å². The zero-order chi connectivity index (χ0) is 12.3. The van der Waals surface area contributed by atoms with Crippen LogP contribution in [0.4, 0.5) is 4.39 Å². The molecular weight excluding hydrogens is 225 g/mol. The van der Waals surface area contributed by atoms with Crippen LogP contribution in [0.5, 0.6) is 5.75 Å². The summed E-state index contributed by atoms with van der Waals surface area (Å²) in [5, 5.41) is 0. The molecule has 0 N–H and O–H groups in total. The summed E-state index contributed by atoms with van der Waals surface area (Å²) in [6.07, 6.45) is 2.38. The first-order valence-electron chi connectivity index (χ1n) is 5.72. The standard InChI is InChI=1S/C12H18FNO3/c1-2-5-15-6-7-16-8-9-17-11-3-4-14-12(13)10-11/h3-4,10H,2,5-9H2,1H3. The smallest absolute Gasteiger partial charge is 0.216 e. The van der Waals surface area contributed by atoms with Crippen molar-refractivity contribution in [2.45, 2.75) is 13.3 Å². The summed E-state index contributed by atoms with van der Waals surface area (Å²) in [5.41, 5.74) is 0. The Morgan fingerprint density at radius 1 is 1.12 bits per heavy atom. The highest BCUT2D eigenvalue weighted by Gasteiger charge is 1.96. The van der Waals surface area contributed by atoms with Crippen molar-refractivity contribution in [1.29, 1.82) is 0 Å². The normalized spacial score (nSPS) is 10.5. The van der Waals surface area contributed by atoms with Crippen LogP contribution in [0.25, 0.3) is 0 Å². The monoisotopic (exact) mass is 243 g/mol. The van der Waals surface area contributed by atoms with Crippen LogP contribution in [-0.4, -0.2) is 38.0 Å². The summed E-state index contributed by atoms with van der Waals surface area (Å²) in [5.74, 6) is -0.0836. The maximum atomic E-state index is 12.7. The van der Waals surface area contributed by atoms with Crippen molar-refractivity contribution in [2.75, 3.05) is 33.0 Å². The molecule has 0 atom stereocenters. The molecule has 0 amide bonds.